The molecule has 0 bridgehead atoms. The molecular formula is C20H26N8O. The summed E-state index contributed by atoms with van der Waals surface area (Å²) in [6, 6.07) is 4.13. The lowest BCUT2D eigenvalue weighted by Gasteiger charge is -2.21. The number of aromatic nitrogens is 5. The summed E-state index contributed by atoms with van der Waals surface area (Å²) < 4.78 is 2.12. The average Bonchev–Trinajstić information content (AvgIpc) is 2.96. The smallest absolute Gasteiger partial charge is 0.227 e. The molecule has 0 spiro atoms. The lowest BCUT2D eigenvalue weighted by Crippen LogP contribution is -2.34. The van der Waals surface area contributed by atoms with Crippen molar-refractivity contribution in [2.75, 3.05) is 36.4 Å². The van der Waals surface area contributed by atoms with Gasteiger partial charge < -0.3 is 19.7 Å². The van der Waals surface area contributed by atoms with Gasteiger partial charge in [-0.15, -0.1) is 0 Å². The molecule has 4 heterocycles. The Balaban J connectivity index is 1.53. The monoisotopic (exact) mass is 394 g/mol. The van der Waals surface area contributed by atoms with E-state index in [9.17, 15) is 4.79 Å². The van der Waals surface area contributed by atoms with Gasteiger partial charge in [0.05, 0.1) is 18.0 Å². The van der Waals surface area contributed by atoms with Gasteiger partial charge in [0, 0.05) is 51.4 Å². The van der Waals surface area contributed by atoms with Crippen LogP contribution in [0.25, 0.3) is 11.0 Å². The van der Waals surface area contributed by atoms with E-state index in [1.54, 1.807) is 19.3 Å². The van der Waals surface area contributed by atoms with Crippen LogP contribution in [0, 0.1) is 0 Å². The SMILES string of the molecule is CC(=O)N1CCCN(c2nccc(Nc3cc4c(cn3)ncn4C(C)C)n2)CC1. The van der Waals surface area contributed by atoms with E-state index < -0.39 is 0 Å². The third-order valence-electron chi connectivity index (χ3n) is 5.14. The van der Waals surface area contributed by atoms with Crippen LogP contribution in [0.2, 0.25) is 0 Å². The standard InChI is InChI=1S/C20H26N8O/c1-14(2)28-13-23-16-12-22-19(11-17(16)28)24-18-5-6-21-20(25-18)27-8-4-7-26(9-10-27)15(3)29/h5-6,11-14H,4,7-10H2,1-3H3,(H,21,22,24,25). The molecule has 0 aliphatic carbocycles. The number of hydrogen-bond acceptors (Lipinski definition) is 7. The normalized spacial score (nSPS) is 15.0. The Labute approximate surface area is 169 Å². The number of anilines is 3. The van der Waals surface area contributed by atoms with Crippen molar-refractivity contribution in [1.29, 1.82) is 0 Å². The van der Waals surface area contributed by atoms with Crippen molar-refractivity contribution in [2.45, 2.75) is 33.2 Å². The number of carbonyl (C=O) groups is 1. The molecule has 3 aromatic heterocycles. The number of rotatable bonds is 4. The second kappa shape index (κ2) is 8.02. The van der Waals surface area contributed by atoms with Gasteiger partial charge in [-0.25, -0.2) is 15.0 Å². The van der Waals surface area contributed by atoms with Gasteiger partial charge in [0.15, 0.2) is 0 Å². The summed E-state index contributed by atoms with van der Waals surface area (Å²) in [4.78, 5) is 33.6. The highest BCUT2D eigenvalue weighted by atomic mass is 16.2. The van der Waals surface area contributed by atoms with E-state index in [1.165, 1.54) is 0 Å². The molecule has 1 aliphatic rings. The highest BCUT2D eigenvalue weighted by molar-refractivity contribution is 5.78. The molecule has 0 unspecified atom stereocenters. The van der Waals surface area contributed by atoms with Gasteiger partial charge in [0.25, 0.3) is 0 Å². The van der Waals surface area contributed by atoms with Crippen LogP contribution in [0.4, 0.5) is 17.6 Å². The summed E-state index contributed by atoms with van der Waals surface area (Å²) in [5, 5.41) is 3.28. The zero-order valence-corrected chi connectivity index (χ0v) is 17.0. The van der Waals surface area contributed by atoms with Crippen molar-refractivity contribution in [3.05, 3.63) is 30.9 Å². The number of nitrogens with zero attached hydrogens (tertiary/aromatic N) is 7. The van der Waals surface area contributed by atoms with Crippen LogP contribution in [0.1, 0.15) is 33.2 Å². The first-order valence-electron chi connectivity index (χ1n) is 9.94. The number of amides is 1. The van der Waals surface area contributed by atoms with Gasteiger partial charge >= 0.3 is 0 Å². The first-order valence-corrected chi connectivity index (χ1v) is 9.94. The molecule has 0 saturated carbocycles. The Morgan fingerprint density at radius 1 is 1.10 bits per heavy atom. The Bertz CT molecular complexity index is 1010. The van der Waals surface area contributed by atoms with Crippen molar-refractivity contribution in [1.82, 2.24) is 29.4 Å². The zero-order chi connectivity index (χ0) is 20.4. The van der Waals surface area contributed by atoms with Crippen LogP contribution >= 0.6 is 0 Å². The van der Waals surface area contributed by atoms with Crippen molar-refractivity contribution in [2.24, 2.45) is 0 Å². The second-order valence-corrected chi connectivity index (χ2v) is 7.52. The molecule has 1 aliphatic heterocycles. The molecule has 3 aromatic rings. The molecule has 9 nitrogen and oxygen atoms in total. The van der Waals surface area contributed by atoms with Gasteiger partial charge in [-0.2, -0.15) is 4.98 Å². The largest absolute Gasteiger partial charge is 0.341 e. The van der Waals surface area contributed by atoms with E-state index in [0.29, 0.717) is 30.2 Å². The third kappa shape index (κ3) is 4.13. The molecule has 1 amide bonds. The van der Waals surface area contributed by atoms with Crippen molar-refractivity contribution in [3.8, 4) is 0 Å². The van der Waals surface area contributed by atoms with Crippen molar-refractivity contribution in [3.63, 3.8) is 0 Å². The molecule has 9 heteroatoms. The Hall–Kier alpha value is -3.23. The van der Waals surface area contributed by atoms with E-state index >= 15 is 0 Å². The Morgan fingerprint density at radius 3 is 2.76 bits per heavy atom. The molecule has 0 aromatic carbocycles. The fourth-order valence-electron chi connectivity index (χ4n) is 3.54. The number of carbonyl (C=O) groups excluding carboxylic acids is 1. The summed E-state index contributed by atoms with van der Waals surface area (Å²) >= 11 is 0. The number of nitrogens with one attached hydrogen (secondary N) is 1. The quantitative estimate of drug-likeness (QED) is 0.727. The molecule has 1 saturated heterocycles. The predicted molar refractivity (Wildman–Crippen MR) is 112 cm³/mol. The maximum absolute atomic E-state index is 11.6. The fraction of sp³-hybridized carbons (Fsp3) is 0.450. The molecule has 4 rings (SSSR count). The van der Waals surface area contributed by atoms with E-state index in [0.717, 1.165) is 37.1 Å². The van der Waals surface area contributed by atoms with E-state index in [-0.39, 0.29) is 5.91 Å². The summed E-state index contributed by atoms with van der Waals surface area (Å²) in [6.45, 7) is 8.88. The topological polar surface area (TPSA) is 92.1 Å². The van der Waals surface area contributed by atoms with Gasteiger partial charge in [-0.3, -0.25) is 4.79 Å². The molecule has 152 valence electrons. The van der Waals surface area contributed by atoms with Gasteiger partial charge in [0.1, 0.15) is 17.2 Å². The van der Waals surface area contributed by atoms with Crippen LogP contribution in [0.5, 0.6) is 0 Å². The van der Waals surface area contributed by atoms with Crippen LogP contribution < -0.4 is 10.2 Å². The van der Waals surface area contributed by atoms with E-state index in [4.69, 9.17) is 0 Å². The summed E-state index contributed by atoms with van der Waals surface area (Å²) in [7, 11) is 0. The minimum atomic E-state index is 0.116. The minimum absolute atomic E-state index is 0.116. The second-order valence-electron chi connectivity index (χ2n) is 7.52. The molecule has 29 heavy (non-hydrogen) atoms. The summed E-state index contributed by atoms with van der Waals surface area (Å²) in [5.74, 6) is 2.17. The molecular weight excluding hydrogens is 368 g/mol. The minimum Gasteiger partial charge on any atom is -0.341 e. The summed E-state index contributed by atoms with van der Waals surface area (Å²) in [6.07, 6.45) is 6.25. The van der Waals surface area contributed by atoms with Gasteiger partial charge in [-0.05, 0) is 26.3 Å². The third-order valence-corrected chi connectivity index (χ3v) is 5.14. The van der Waals surface area contributed by atoms with Crippen LogP contribution in [0.15, 0.2) is 30.9 Å². The first kappa shape index (κ1) is 19.1. The lowest BCUT2D eigenvalue weighted by molar-refractivity contribution is -0.128. The van der Waals surface area contributed by atoms with Gasteiger partial charge in [-0.1, -0.05) is 0 Å². The first-order chi connectivity index (χ1) is 14.0. The highest BCUT2D eigenvalue weighted by Crippen LogP contribution is 2.22. The van der Waals surface area contributed by atoms with Crippen LogP contribution in [-0.2, 0) is 4.79 Å². The summed E-state index contributed by atoms with van der Waals surface area (Å²) in [5.41, 5.74) is 1.90. The Kier molecular flexibility index (Phi) is 5.28. The molecule has 0 radical (unpaired) electrons. The molecule has 1 N–H and O–H groups in total. The van der Waals surface area contributed by atoms with Gasteiger partial charge in [0.2, 0.25) is 11.9 Å². The van der Waals surface area contributed by atoms with Crippen molar-refractivity contribution >= 4 is 34.5 Å². The highest BCUT2D eigenvalue weighted by Gasteiger charge is 2.18. The number of hydrogen-bond donors (Lipinski definition) is 1. The molecule has 1 fully saturated rings. The number of fused-ring (bicyclic) bond motifs is 1. The lowest BCUT2D eigenvalue weighted by atomic mass is 10.3. The fourth-order valence-corrected chi connectivity index (χ4v) is 3.54. The van der Waals surface area contributed by atoms with Crippen LogP contribution in [-0.4, -0.2) is 61.5 Å². The zero-order valence-electron chi connectivity index (χ0n) is 17.0. The number of pyridine rings is 1. The van der Waals surface area contributed by atoms with Crippen molar-refractivity contribution < 1.29 is 4.79 Å². The maximum Gasteiger partial charge on any atom is 0.227 e. The predicted octanol–water partition coefficient (Wildman–Crippen LogP) is 2.60. The maximum atomic E-state index is 11.6. The van der Waals surface area contributed by atoms with Crippen LogP contribution in [0.3, 0.4) is 0 Å². The van der Waals surface area contributed by atoms with E-state index in [2.05, 4.69) is 48.6 Å². The number of imidazole rings is 1. The average molecular weight is 394 g/mol. The Morgan fingerprint density at radius 2 is 1.97 bits per heavy atom. The van der Waals surface area contributed by atoms with E-state index in [1.807, 2.05) is 23.4 Å². The molecule has 0 atom stereocenters.